The van der Waals surface area contributed by atoms with Crippen molar-refractivity contribution in [2.75, 3.05) is 0 Å². The molecule has 0 amide bonds. The molecule has 0 bridgehead atoms. The summed E-state index contributed by atoms with van der Waals surface area (Å²) >= 11 is 0. The minimum absolute atomic E-state index is 0.219. The Morgan fingerprint density at radius 3 is 2.15 bits per heavy atom. The van der Waals surface area contributed by atoms with Crippen molar-refractivity contribution in [2.24, 2.45) is 0 Å². The molecule has 3 aromatic rings. The maximum atomic E-state index is 15.1. The van der Waals surface area contributed by atoms with E-state index < -0.39 is 53.9 Å². The van der Waals surface area contributed by atoms with E-state index in [2.05, 4.69) is 20.2 Å². The fourth-order valence-corrected chi connectivity index (χ4v) is 3.74. The van der Waals surface area contributed by atoms with Gasteiger partial charge in [0.1, 0.15) is 60.9 Å². The van der Waals surface area contributed by atoms with E-state index in [1.54, 1.807) is 0 Å². The Morgan fingerprint density at radius 1 is 1.03 bits per heavy atom. The molecule has 2 aromatic heterocycles. The van der Waals surface area contributed by atoms with Gasteiger partial charge < -0.3 is 29.9 Å². The summed E-state index contributed by atoms with van der Waals surface area (Å²) in [4.78, 5) is 19.2. The van der Waals surface area contributed by atoms with Crippen molar-refractivity contribution in [3.05, 3.63) is 60.7 Å². The van der Waals surface area contributed by atoms with Gasteiger partial charge in [-0.2, -0.15) is 10.2 Å². The summed E-state index contributed by atoms with van der Waals surface area (Å²) in [5, 5.41) is 48.0. The monoisotopic (exact) mass is 482 g/mol. The van der Waals surface area contributed by atoms with Gasteiger partial charge in [0.05, 0.1) is 13.1 Å². The van der Waals surface area contributed by atoms with Crippen LogP contribution >= 0.6 is 0 Å². The number of hydrogen-bond acceptors (Lipinski definition) is 10. The van der Waals surface area contributed by atoms with Gasteiger partial charge in [-0.15, -0.1) is 0 Å². The fourth-order valence-electron chi connectivity index (χ4n) is 3.74. The summed E-state index contributed by atoms with van der Waals surface area (Å²) in [5.41, 5.74) is -2.10. The van der Waals surface area contributed by atoms with Crippen LogP contribution in [0.4, 0.5) is 8.78 Å². The van der Waals surface area contributed by atoms with Crippen LogP contribution in [0.1, 0.15) is 5.56 Å². The van der Waals surface area contributed by atoms with Crippen molar-refractivity contribution in [3.63, 3.8) is 0 Å². The minimum atomic E-state index is -1.96. The average molecular weight is 482 g/mol. The first kappa shape index (κ1) is 23.8. The number of carbonyl (C=O) groups is 1. The predicted octanol–water partition coefficient (Wildman–Crippen LogP) is -1.35. The molecule has 1 aromatic carbocycles. The maximum absolute atomic E-state index is 15.1. The summed E-state index contributed by atoms with van der Waals surface area (Å²) in [6.07, 6.45) is -4.70. The first-order valence-electron chi connectivity index (χ1n) is 9.91. The van der Waals surface area contributed by atoms with Crippen LogP contribution in [-0.2, 0) is 33.0 Å². The van der Waals surface area contributed by atoms with Crippen LogP contribution in [0.25, 0.3) is 0 Å². The molecule has 0 unspecified atom stereocenters. The van der Waals surface area contributed by atoms with Crippen LogP contribution in [0.3, 0.4) is 0 Å². The van der Waals surface area contributed by atoms with E-state index in [-0.39, 0.29) is 18.7 Å². The highest BCUT2D eigenvalue weighted by molar-refractivity contribution is 5.73. The number of carboxylic acids is 1. The van der Waals surface area contributed by atoms with Gasteiger partial charge in [0, 0.05) is 11.6 Å². The zero-order chi connectivity index (χ0) is 24.5. The highest BCUT2D eigenvalue weighted by atomic mass is 19.1. The number of aliphatic carboxylic acids is 1. The quantitative estimate of drug-likeness (QED) is 0.298. The third-order valence-electron chi connectivity index (χ3n) is 5.34. The highest BCUT2D eigenvalue weighted by Gasteiger charge is 2.51. The molecule has 0 radical (unpaired) electrons. The van der Waals surface area contributed by atoms with Gasteiger partial charge in [-0.25, -0.2) is 32.9 Å². The third-order valence-corrected chi connectivity index (χ3v) is 5.34. The minimum Gasteiger partial charge on any atom is -0.479 e. The molecule has 0 spiro atoms. The Bertz CT molecular complexity index is 1080. The number of nitrogens with zero attached hydrogens (tertiary/aromatic N) is 6. The molecule has 4 N–H and O–H groups in total. The molecule has 34 heavy (non-hydrogen) atoms. The number of halogens is 2. The molecule has 0 aliphatic carbocycles. The van der Waals surface area contributed by atoms with Gasteiger partial charge in [-0.3, -0.25) is 0 Å². The number of aliphatic hydroxyl groups excluding tert-OH is 3. The standard InChI is InChI=1S/C19H20F2N6O7/c20-10-1-2-11(12(21)3-10)19(4-26-8-22-6-24-26,5-27-9-23-7-25-27)34-18-15(30)13(28)14(29)16(33-18)17(31)32/h1-3,6-9,13-16,18,28-30H,4-5H2,(H,31,32)/t13-,14-,15+,16-,18-/m0/s1. The highest BCUT2D eigenvalue weighted by Crippen LogP contribution is 2.36. The molecule has 0 saturated carbocycles. The summed E-state index contributed by atoms with van der Waals surface area (Å²) in [6, 6.07) is 2.70. The molecule has 1 saturated heterocycles. The van der Waals surface area contributed by atoms with E-state index >= 15 is 4.39 Å². The van der Waals surface area contributed by atoms with Crippen LogP contribution in [0, 0.1) is 11.6 Å². The Hall–Kier alpha value is -3.37. The van der Waals surface area contributed by atoms with Crippen molar-refractivity contribution in [1.29, 1.82) is 0 Å². The first-order valence-corrected chi connectivity index (χ1v) is 9.91. The van der Waals surface area contributed by atoms with E-state index in [9.17, 15) is 29.6 Å². The van der Waals surface area contributed by atoms with E-state index in [0.717, 1.165) is 12.1 Å². The summed E-state index contributed by atoms with van der Waals surface area (Å²) in [6.45, 7) is -0.587. The second-order valence-corrected chi connectivity index (χ2v) is 7.66. The van der Waals surface area contributed by atoms with Crippen molar-refractivity contribution in [2.45, 2.75) is 49.4 Å². The smallest absolute Gasteiger partial charge is 0.335 e. The summed E-state index contributed by atoms with van der Waals surface area (Å²) in [7, 11) is 0. The largest absolute Gasteiger partial charge is 0.479 e. The lowest BCUT2D eigenvalue weighted by Gasteiger charge is -2.43. The van der Waals surface area contributed by atoms with Crippen LogP contribution < -0.4 is 0 Å². The number of aromatic nitrogens is 6. The molecule has 1 aliphatic heterocycles. The first-order chi connectivity index (χ1) is 16.2. The van der Waals surface area contributed by atoms with Gasteiger partial charge in [0.2, 0.25) is 0 Å². The zero-order valence-corrected chi connectivity index (χ0v) is 17.3. The Labute approximate surface area is 189 Å². The number of rotatable bonds is 8. The Morgan fingerprint density at radius 2 is 1.65 bits per heavy atom. The number of aliphatic hydroxyl groups is 3. The van der Waals surface area contributed by atoms with Crippen LogP contribution in [0.5, 0.6) is 0 Å². The van der Waals surface area contributed by atoms with E-state index in [4.69, 9.17) is 9.47 Å². The fraction of sp³-hybridized carbons (Fsp3) is 0.421. The molecule has 13 nitrogen and oxygen atoms in total. The molecule has 15 heteroatoms. The summed E-state index contributed by atoms with van der Waals surface area (Å²) < 4.78 is 42.6. The number of carboxylic acid groups (broad SMARTS) is 1. The van der Waals surface area contributed by atoms with Gasteiger partial charge in [-0.1, -0.05) is 6.07 Å². The molecular weight excluding hydrogens is 462 g/mol. The van der Waals surface area contributed by atoms with Crippen molar-refractivity contribution in [1.82, 2.24) is 29.5 Å². The van der Waals surface area contributed by atoms with Gasteiger partial charge >= 0.3 is 5.97 Å². The maximum Gasteiger partial charge on any atom is 0.335 e. The normalized spacial score (nSPS) is 25.4. The van der Waals surface area contributed by atoms with Crippen LogP contribution in [-0.4, -0.2) is 86.6 Å². The van der Waals surface area contributed by atoms with Gasteiger partial charge in [0.25, 0.3) is 0 Å². The molecule has 3 heterocycles. The summed E-state index contributed by atoms with van der Waals surface area (Å²) in [5.74, 6) is -3.52. The van der Waals surface area contributed by atoms with Crippen molar-refractivity contribution in [3.8, 4) is 0 Å². The van der Waals surface area contributed by atoms with E-state index in [1.807, 2.05) is 0 Å². The zero-order valence-electron chi connectivity index (χ0n) is 17.3. The lowest BCUT2D eigenvalue weighted by Crippen LogP contribution is -2.62. The predicted molar refractivity (Wildman–Crippen MR) is 103 cm³/mol. The third kappa shape index (κ3) is 4.64. The van der Waals surface area contributed by atoms with Crippen molar-refractivity contribution >= 4 is 5.97 Å². The topological polar surface area (TPSA) is 178 Å². The van der Waals surface area contributed by atoms with Crippen molar-refractivity contribution < 1.29 is 43.5 Å². The average Bonchev–Trinajstić information content (AvgIpc) is 3.48. The lowest BCUT2D eigenvalue weighted by atomic mass is 9.91. The second kappa shape index (κ2) is 9.47. The van der Waals surface area contributed by atoms with Gasteiger partial charge in [-0.05, 0) is 6.07 Å². The second-order valence-electron chi connectivity index (χ2n) is 7.66. The number of ether oxygens (including phenoxy) is 2. The Balaban J connectivity index is 1.82. The molecule has 182 valence electrons. The van der Waals surface area contributed by atoms with E-state index in [1.165, 1.54) is 34.7 Å². The van der Waals surface area contributed by atoms with E-state index in [0.29, 0.717) is 6.07 Å². The lowest BCUT2D eigenvalue weighted by molar-refractivity contribution is -0.327. The molecule has 1 aliphatic rings. The van der Waals surface area contributed by atoms with Gasteiger partial charge in [0.15, 0.2) is 12.4 Å². The Kier molecular flexibility index (Phi) is 6.63. The molecule has 4 rings (SSSR count). The number of benzene rings is 1. The SMILES string of the molecule is O=C(O)[C@H]1O[C@@H](OC(Cn2cncn2)(Cn2cncn2)c2ccc(F)cc2F)[C@H](O)[C@@H](O)[C@@H]1O. The molecule has 1 fully saturated rings. The van der Waals surface area contributed by atoms with Crippen LogP contribution in [0.2, 0.25) is 0 Å². The molecule has 5 atom stereocenters. The number of hydrogen-bond donors (Lipinski definition) is 4. The molecular formula is C19H20F2N6O7. The van der Waals surface area contributed by atoms with Crippen LogP contribution in [0.15, 0.2) is 43.5 Å².